The number of nitrogens with one attached hydrogen (secondary N) is 1. The molecule has 0 radical (unpaired) electrons. The molecule has 0 unspecified atom stereocenters. The molecular formula is C23H23ClN2O5S. The molecule has 0 spiro atoms. The monoisotopic (exact) mass is 474 g/mol. The van der Waals surface area contributed by atoms with Gasteiger partial charge in [-0.1, -0.05) is 48.0 Å². The number of rotatable bonds is 8. The highest BCUT2D eigenvalue weighted by molar-refractivity contribution is 7.88. The molecule has 0 bridgehead atoms. The molecular weight excluding hydrogens is 452 g/mol. The molecule has 1 N–H and O–H groups in total. The van der Waals surface area contributed by atoms with E-state index in [1.54, 1.807) is 73.8 Å². The summed E-state index contributed by atoms with van der Waals surface area (Å²) in [5.41, 5.74) is 0.823. The maximum Gasteiger partial charge on any atom is 0.247 e. The molecule has 3 aromatic carbocycles. The van der Waals surface area contributed by atoms with Crippen LogP contribution in [0.2, 0.25) is 5.02 Å². The Bertz CT molecular complexity index is 1200. The summed E-state index contributed by atoms with van der Waals surface area (Å²) < 4.78 is 36.6. The van der Waals surface area contributed by atoms with Crippen molar-refractivity contribution in [1.29, 1.82) is 0 Å². The zero-order valence-corrected chi connectivity index (χ0v) is 19.4. The first-order valence-corrected chi connectivity index (χ1v) is 11.8. The van der Waals surface area contributed by atoms with Gasteiger partial charge in [0.05, 0.1) is 19.1 Å². The largest absolute Gasteiger partial charge is 0.497 e. The standard InChI is InChI=1S/C23H23ClN2O5S/c1-26(32(3,28)29)22(16-8-5-4-6-9-16)23(27)25-20-14-17(24)12-13-21(20)31-19-11-7-10-18(15-19)30-2/h4-15,22H,1-3H3,(H,25,27)/t22-/m1/s1. The van der Waals surface area contributed by atoms with Gasteiger partial charge in [-0.2, -0.15) is 4.31 Å². The lowest BCUT2D eigenvalue weighted by Gasteiger charge is -2.26. The van der Waals surface area contributed by atoms with E-state index in [1.165, 1.54) is 13.1 Å². The molecule has 3 aromatic rings. The zero-order chi connectivity index (χ0) is 23.3. The summed E-state index contributed by atoms with van der Waals surface area (Å²) in [6.07, 6.45) is 1.05. The van der Waals surface area contributed by atoms with Crippen LogP contribution in [-0.2, 0) is 14.8 Å². The molecule has 0 aromatic heterocycles. The van der Waals surface area contributed by atoms with E-state index in [4.69, 9.17) is 21.1 Å². The quantitative estimate of drug-likeness (QED) is 0.511. The summed E-state index contributed by atoms with van der Waals surface area (Å²) in [4.78, 5) is 13.3. The van der Waals surface area contributed by atoms with Crippen molar-refractivity contribution in [2.24, 2.45) is 0 Å². The van der Waals surface area contributed by atoms with Crippen LogP contribution in [0.1, 0.15) is 11.6 Å². The number of hydrogen-bond donors (Lipinski definition) is 1. The van der Waals surface area contributed by atoms with Crippen LogP contribution < -0.4 is 14.8 Å². The van der Waals surface area contributed by atoms with Crippen molar-refractivity contribution in [3.63, 3.8) is 0 Å². The second kappa shape index (κ2) is 10.0. The van der Waals surface area contributed by atoms with Crippen LogP contribution >= 0.6 is 11.6 Å². The minimum atomic E-state index is -3.66. The number of hydrogen-bond acceptors (Lipinski definition) is 5. The molecule has 168 valence electrons. The maximum absolute atomic E-state index is 13.3. The summed E-state index contributed by atoms with van der Waals surface area (Å²) in [7, 11) is -0.751. The van der Waals surface area contributed by atoms with Crippen LogP contribution in [0.25, 0.3) is 0 Å². The summed E-state index contributed by atoms with van der Waals surface area (Å²) in [5, 5.41) is 3.15. The molecule has 7 nitrogen and oxygen atoms in total. The van der Waals surface area contributed by atoms with Crippen LogP contribution in [0.5, 0.6) is 17.2 Å². The minimum absolute atomic E-state index is 0.299. The highest BCUT2D eigenvalue weighted by atomic mass is 35.5. The van der Waals surface area contributed by atoms with Gasteiger partial charge in [-0.15, -0.1) is 0 Å². The molecule has 0 fully saturated rings. The van der Waals surface area contributed by atoms with Gasteiger partial charge in [0.15, 0.2) is 5.75 Å². The smallest absolute Gasteiger partial charge is 0.247 e. The average molecular weight is 475 g/mol. The molecule has 0 aliphatic carbocycles. The number of carbonyl (C=O) groups is 1. The second-order valence-electron chi connectivity index (χ2n) is 7.00. The Labute approximate surface area is 192 Å². The topological polar surface area (TPSA) is 84.9 Å². The first-order chi connectivity index (χ1) is 15.2. The SMILES string of the molecule is COc1cccc(Oc2ccc(Cl)cc2NC(=O)[C@@H](c2ccccc2)N(C)S(C)(=O)=O)c1. The Balaban J connectivity index is 1.95. The molecule has 1 atom stereocenters. The fraction of sp³-hybridized carbons (Fsp3) is 0.174. The predicted molar refractivity (Wildman–Crippen MR) is 125 cm³/mol. The van der Waals surface area contributed by atoms with Gasteiger partial charge in [-0.25, -0.2) is 8.42 Å². The molecule has 0 aliphatic rings. The van der Waals surface area contributed by atoms with Gasteiger partial charge in [0, 0.05) is 18.1 Å². The lowest BCUT2D eigenvalue weighted by Crippen LogP contribution is -2.38. The Morgan fingerprint density at radius 3 is 2.34 bits per heavy atom. The molecule has 0 saturated heterocycles. The van der Waals surface area contributed by atoms with E-state index >= 15 is 0 Å². The Morgan fingerprint density at radius 2 is 1.69 bits per heavy atom. The molecule has 0 heterocycles. The lowest BCUT2D eigenvalue weighted by molar-refractivity contribution is -0.119. The third kappa shape index (κ3) is 5.79. The van der Waals surface area contributed by atoms with E-state index in [-0.39, 0.29) is 0 Å². The molecule has 0 aliphatic heterocycles. The van der Waals surface area contributed by atoms with Gasteiger partial charge < -0.3 is 14.8 Å². The minimum Gasteiger partial charge on any atom is -0.497 e. The highest BCUT2D eigenvalue weighted by Gasteiger charge is 2.31. The average Bonchev–Trinajstić information content (AvgIpc) is 2.76. The normalized spacial score (nSPS) is 12.3. The third-order valence-corrected chi connectivity index (χ3v) is 6.21. The van der Waals surface area contributed by atoms with Gasteiger partial charge in [-0.3, -0.25) is 4.79 Å². The van der Waals surface area contributed by atoms with Gasteiger partial charge in [0.1, 0.15) is 17.5 Å². The highest BCUT2D eigenvalue weighted by Crippen LogP contribution is 2.34. The molecule has 0 saturated carbocycles. The van der Waals surface area contributed by atoms with Crippen molar-refractivity contribution in [3.8, 4) is 17.2 Å². The summed E-state index contributed by atoms with van der Waals surface area (Å²) >= 11 is 6.15. The third-order valence-electron chi connectivity index (χ3n) is 4.72. The second-order valence-corrected chi connectivity index (χ2v) is 9.48. The molecule has 1 amide bonds. The van der Waals surface area contributed by atoms with Crippen molar-refractivity contribution in [2.75, 3.05) is 25.7 Å². The Hall–Kier alpha value is -3.07. The van der Waals surface area contributed by atoms with Crippen molar-refractivity contribution in [2.45, 2.75) is 6.04 Å². The van der Waals surface area contributed by atoms with Crippen molar-refractivity contribution < 1.29 is 22.7 Å². The number of ether oxygens (including phenoxy) is 2. The zero-order valence-electron chi connectivity index (χ0n) is 17.8. The van der Waals surface area contributed by atoms with Crippen LogP contribution in [0, 0.1) is 0 Å². The number of halogens is 1. The van der Waals surface area contributed by atoms with Gasteiger partial charge in [-0.05, 0) is 35.9 Å². The van der Waals surface area contributed by atoms with E-state index in [0.717, 1.165) is 10.6 Å². The number of amides is 1. The van der Waals surface area contributed by atoms with Gasteiger partial charge in [0.25, 0.3) is 0 Å². The molecule has 3 rings (SSSR count). The van der Waals surface area contributed by atoms with Crippen LogP contribution in [0.15, 0.2) is 72.8 Å². The van der Waals surface area contributed by atoms with Gasteiger partial charge >= 0.3 is 0 Å². The summed E-state index contributed by atoms with van der Waals surface area (Å²) in [6.45, 7) is 0. The fourth-order valence-electron chi connectivity index (χ4n) is 3.03. The van der Waals surface area contributed by atoms with E-state index < -0.39 is 22.0 Å². The van der Waals surface area contributed by atoms with E-state index in [1.807, 2.05) is 0 Å². The molecule has 32 heavy (non-hydrogen) atoms. The van der Waals surface area contributed by atoms with Crippen molar-refractivity contribution >= 4 is 33.2 Å². The first-order valence-electron chi connectivity index (χ1n) is 9.59. The fourth-order valence-corrected chi connectivity index (χ4v) is 3.81. The number of nitrogens with zero attached hydrogens (tertiary/aromatic N) is 1. The van der Waals surface area contributed by atoms with E-state index in [0.29, 0.717) is 33.5 Å². The Kier molecular flexibility index (Phi) is 7.40. The van der Waals surface area contributed by atoms with E-state index in [9.17, 15) is 13.2 Å². The number of benzene rings is 3. The molecule has 9 heteroatoms. The van der Waals surface area contributed by atoms with E-state index in [2.05, 4.69) is 5.32 Å². The van der Waals surface area contributed by atoms with Crippen LogP contribution in [-0.4, -0.2) is 39.0 Å². The van der Waals surface area contributed by atoms with Crippen LogP contribution in [0.3, 0.4) is 0 Å². The van der Waals surface area contributed by atoms with Crippen LogP contribution in [0.4, 0.5) is 5.69 Å². The number of likely N-dealkylation sites (N-methyl/N-ethyl adjacent to an activating group) is 1. The number of sulfonamides is 1. The predicted octanol–water partition coefficient (Wildman–Crippen LogP) is 4.71. The van der Waals surface area contributed by atoms with Crippen molar-refractivity contribution in [3.05, 3.63) is 83.4 Å². The number of methoxy groups -OCH3 is 1. The lowest BCUT2D eigenvalue weighted by atomic mass is 10.1. The van der Waals surface area contributed by atoms with Crippen molar-refractivity contribution in [1.82, 2.24) is 4.31 Å². The number of anilines is 1. The number of carbonyl (C=O) groups excluding carboxylic acids is 1. The summed E-state index contributed by atoms with van der Waals surface area (Å²) in [5.74, 6) is 0.891. The summed E-state index contributed by atoms with van der Waals surface area (Å²) in [6, 6.07) is 19.3. The van der Waals surface area contributed by atoms with Gasteiger partial charge in [0.2, 0.25) is 15.9 Å². The maximum atomic E-state index is 13.3. The first kappa shape index (κ1) is 23.6. The Morgan fingerprint density at radius 1 is 1.00 bits per heavy atom.